The molecule has 0 unspecified atom stereocenters. The molecule has 0 aliphatic carbocycles. The molecule has 1 fully saturated rings. The highest BCUT2D eigenvalue weighted by Gasteiger charge is 2.23. The third-order valence-electron chi connectivity index (χ3n) is 2.78. The van der Waals surface area contributed by atoms with Crippen LogP contribution in [0.1, 0.15) is 24.3 Å². The van der Waals surface area contributed by atoms with Gasteiger partial charge < -0.3 is 5.32 Å². The van der Waals surface area contributed by atoms with Crippen molar-refractivity contribution in [2.24, 2.45) is 0 Å². The Bertz CT molecular complexity index is 362. The highest BCUT2D eigenvalue weighted by molar-refractivity contribution is 6.31. The van der Waals surface area contributed by atoms with Crippen LogP contribution in [0, 0.1) is 11.6 Å². The number of piperidine rings is 1. The SMILES string of the molecule is Fc1ccc(F)c([C@@H]2CCCNC2)c1Cl. The molecule has 0 bridgehead atoms. The largest absolute Gasteiger partial charge is 0.316 e. The normalized spacial score (nSPS) is 21.7. The summed E-state index contributed by atoms with van der Waals surface area (Å²) in [6, 6.07) is 2.21. The first-order valence-corrected chi connectivity index (χ1v) is 5.42. The van der Waals surface area contributed by atoms with Crippen LogP contribution in [0.2, 0.25) is 5.02 Å². The van der Waals surface area contributed by atoms with E-state index in [2.05, 4.69) is 5.32 Å². The van der Waals surface area contributed by atoms with Gasteiger partial charge in [0.25, 0.3) is 0 Å². The van der Waals surface area contributed by atoms with Crippen LogP contribution in [0.25, 0.3) is 0 Å². The van der Waals surface area contributed by atoms with Gasteiger partial charge in [0.15, 0.2) is 0 Å². The quantitative estimate of drug-likeness (QED) is 0.733. The van der Waals surface area contributed by atoms with Crippen LogP contribution in [-0.2, 0) is 0 Å². The summed E-state index contributed by atoms with van der Waals surface area (Å²) in [4.78, 5) is 0. The average molecular weight is 232 g/mol. The Morgan fingerprint density at radius 1 is 1.27 bits per heavy atom. The topological polar surface area (TPSA) is 12.0 Å². The van der Waals surface area contributed by atoms with Gasteiger partial charge in [-0.15, -0.1) is 0 Å². The van der Waals surface area contributed by atoms with Crippen molar-refractivity contribution in [3.05, 3.63) is 34.4 Å². The molecule has 0 aromatic heterocycles. The third kappa shape index (κ3) is 2.13. The van der Waals surface area contributed by atoms with E-state index in [0.29, 0.717) is 12.1 Å². The standard InChI is InChI=1S/C11H12ClF2N/c12-11-9(14)4-3-8(13)10(11)7-2-1-5-15-6-7/h3-4,7,15H,1-2,5-6H2/t7-/m1/s1. The summed E-state index contributed by atoms with van der Waals surface area (Å²) in [5, 5.41) is 3.09. The Morgan fingerprint density at radius 2 is 2.00 bits per heavy atom. The van der Waals surface area contributed by atoms with Gasteiger partial charge in [0.2, 0.25) is 0 Å². The molecule has 1 aromatic rings. The maximum atomic E-state index is 13.5. The Kier molecular flexibility index (Phi) is 3.22. The van der Waals surface area contributed by atoms with Crippen LogP contribution in [0.4, 0.5) is 8.78 Å². The maximum Gasteiger partial charge on any atom is 0.142 e. The lowest BCUT2D eigenvalue weighted by atomic mass is 9.91. The highest BCUT2D eigenvalue weighted by atomic mass is 35.5. The van der Waals surface area contributed by atoms with E-state index in [1.807, 2.05) is 0 Å². The van der Waals surface area contributed by atoms with Crippen LogP contribution in [-0.4, -0.2) is 13.1 Å². The molecular weight excluding hydrogens is 220 g/mol. The zero-order valence-corrected chi connectivity index (χ0v) is 8.95. The van der Waals surface area contributed by atoms with Gasteiger partial charge in [0, 0.05) is 18.0 Å². The van der Waals surface area contributed by atoms with E-state index in [1.165, 1.54) is 0 Å². The summed E-state index contributed by atoms with van der Waals surface area (Å²) in [5.41, 5.74) is 0.323. The molecular formula is C11H12ClF2N. The molecule has 1 N–H and O–H groups in total. The Balaban J connectivity index is 2.36. The summed E-state index contributed by atoms with van der Waals surface area (Å²) in [6.45, 7) is 1.60. The van der Waals surface area contributed by atoms with Gasteiger partial charge in [0.05, 0.1) is 5.02 Å². The molecule has 0 radical (unpaired) electrons. The van der Waals surface area contributed by atoms with Gasteiger partial charge in [-0.05, 0) is 31.5 Å². The molecule has 82 valence electrons. The predicted molar refractivity (Wildman–Crippen MR) is 56.2 cm³/mol. The van der Waals surface area contributed by atoms with Crippen LogP contribution in [0.15, 0.2) is 12.1 Å². The summed E-state index contributed by atoms with van der Waals surface area (Å²) in [7, 11) is 0. The second kappa shape index (κ2) is 4.45. The number of nitrogens with one attached hydrogen (secondary N) is 1. The number of rotatable bonds is 1. The molecule has 0 saturated carbocycles. The summed E-state index contributed by atoms with van der Waals surface area (Å²) >= 11 is 5.79. The number of halogens is 3. The van der Waals surface area contributed by atoms with E-state index < -0.39 is 11.6 Å². The van der Waals surface area contributed by atoms with Crippen molar-refractivity contribution in [2.45, 2.75) is 18.8 Å². The fourth-order valence-electron chi connectivity index (χ4n) is 2.02. The molecule has 1 aliphatic rings. The zero-order chi connectivity index (χ0) is 10.8. The second-order valence-electron chi connectivity index (χ2n) is 3.80. The van der Waals surface area contributed by atoms with E-state index in [4.69, 9.17) is 11.6 Å². The molecule has 0 spiro atoms. The minimum absolute atomic E-state index is 0.0121. The van der Waals surface area contributed by atoms with Crippen LogP contribution in [0.5, 0.6) is 0 Å². The second-order valence-corrected chi connectivity index (χ2v) is 4.18. The van der Waals surface area contributed by atoms with Gasteiger partial charge in [0.1, 0.15) is 11.6 Å². The monoisotopic (exact) mass is 231 g/mol. The van der Waals surface area contributed by atoms with Crippen molar-refractivity contribution in [3.8, 4) is 0 Å². The Morgan fingerprint density at radius 3 is 2.67 bits per heavy atom. The van der Waals surface area contributed by atoms with E-state index in [0.717, 1.165) is 31.5 Å². The summed E-state index contributed by atoms with van der Waals surface area (Å²) < 4.78 is 26.7. The first kappa shape index (κ1) is 10.8. The van der Waals surface area contributed by atoms with Crippen molar-refractivity contribution in [2.75, 3.05) is 13.1 Å². The van der Waals surface area contributed by atoms with Gasteiger partial charge in [-0.3, -0.25) is 0 Å². The summed E-state index contributed by atoms with van der Waals surface area (Å²) in [6.07, 6.45) is 1.82. The van der Waals surface area contributed by atoms with Crippen LogP contribution >= 0.6 is 11.6 Å². The predicted octanol–water partition coefficient (Wildman–Crippen LogP) is 3.09. The molecule has 4 heteroatoms. The fraction of sp³-hybridized carbons (Fsp3) is 0.455. The minimum Gasteiger partial charge on any atom is -0.316 e. The molecule has 1 nitrogen and oxygen atoms in total. The fourth-order valence-corrected chi connectivity index (χ4v) is 2.32. The summed E-state index contributed by atoms with van der Waals surface area (Å²) in [5.74, 6) is -0.962. The molecule has 2 rings (SSSR count). The maximum absolute atomic E-state index is 13.5. The Hall–Kier alpha value is -0.670. The van der Waals surface area contributed by atoms with E-state index >= 15 is 0 Å². The van der Waals surface area contributed by atoms with Crippen LogP contribution in [0.3, 0.4) is 0 Å². The lowest BCUT2D eigenvalue weighted by molar-refractivity contribution is 0.444. The number of hydrogen-bond donors (Lipinski definition) is 1. The van der Waals surface area contributed by atoms with Crippen molar-refractivity contribution in [3.63, 3.8) is 0 Å². The van der Waals surface area contributed by atoms with Gasteiger partial charge >= 0.3 is 0 Å². The van der Waals surface area contributed by atoms with Crippen LogP contribution < -0.4 is 5.32 Å². The average Bonchev–Trinajstić information content (AvgIpc) is 2.26. The van der Waals surface area contributed by atoms with Gasteiger partial charge in [-0.2, -0.15) is 0 Å². The number of benzene rings is 1. The highest BCUT2D eigenvalue weighted by Crippen LogP contribution is 2.33. The first-order chi connectivity index (χ1) is 7.20. The minimum atomic E-state index is -0.543. The smallest absolute Gasteiger partial charge is 0.142 e. The first-order valence-electron chi connectivity index (χ1n) is 5.04. The molecule has 1 aromatic carbocycles. The van der Waals surface area contributed by atoms with Crippen molar-refractivity contribution in [1.82, 2.24) is 5.32 Å². The molecule has 1 aliphatic heterocycles. The molecule has 1 heterocycles. The van der Waals surface area contributed by atoms with Gasteiger partial charge in [-0.1, -0.05) is 11.6 Å². The third-order valence-corrected chi connectivity index (χ3v) is 3.17. The van der Waals surface area contributed by atoms with Gasteiger partial charge in [-0.25, -0.2) is 8.78 Å². The molecule has 1 atom stereocenters. The van der Waals surface area contributed by atoms with Crippen molar-refractivity contribution >= 4 is 11.6 Å². The lowest BCUT2D eigenvalue weighted by Gasteiger charge is -2.24. The molecule has 1 saturated heterocycles. The van der Waals surface area contributed by atoms with E-state index in [1.54, 1.807) is 0 Å². The van der Waals surface area contributed by atoms with E-state index in [-0.39, 0.29) is 10.9 Å². The van der Waals surface area contributed by atoms with E-state index in [9.17, 15) is 8.78 Å². The number of hydrogen-bond acceptors (Lipinski definition) is 1. The molecule has 15 heavy (non-hydrogen) atoms. The Labute approximate surface area is 92.4 Å². The zero-order valence-electron chi connectivity index (χ0n) is 8.19. The van der Waals surface area contributed by atoms with Crippen molar-refractivity contribution in [1.29, 1.82) is 0 Å². The molecule has 0 amide bonds. The van der Waals surface area contributed by atoms with Crippen molar-refractivity contribution < 1.29 is 8.78 Å². The lowest BCUT2D eigenvalue weighted by Crippen LogP contribution is -2.29.